The lowest BCUT2D eigenvalue weighted by Gasteiger charge is -2.12. The zero-order valence-electron chi connectivity index (χ0n) is 8.14. The molecular formula is C9H16O2S2. The number of hydrogen-bond acceptors (Lipinski definition) is 3. The molecule has 1 aliphatic rings. The second-order valence-electron chi connectivity index (χ2n) is 3.51. The Kier molecular flexibility index (Phi) is 4.01. The number of rotatable bonds is 2. The van der Waals surface area contributed by atoms with Crippen molar-refractivity contribution in [1.29, 1.82) is 0 Å². The van der Waals surface area contributed by atoms with Crippen LogP contribution in [-0.4, -0.2) is 18.6 Å². The molecule has 0 aliphatic carbocycles. The summed E-state index contributed by atoms with van der Waals surface area (Å²) < 4.78 is 20.7. The van der Waals surface area contributed by atoms with E-state index in [-0.39, 0.29) is 9.83 Å². The number of hydrogen-bond donors (Lipinski definition) is 1. The molecule has 2 nitrogen and oxygen atoms in total. The SMILES string of the molecule is C/C=C/C1C(C)C(C)C(SO)S1=O. The summed E-state index contributed by atoms with van der Waals surface area (Å²) >= 11 is 0.748. The molecule has 0 saturated carbocycles. The van der Waals surface area contributed by atoms with Crippen molar-refractivity contribution in [1.82, 2.24) is 0 Å². The highest BCUT2D eigenvalue weighted by Crippen LogP contribution is 2.40. The van der Waals surface area contributed by atoms with E-state index >= 15 is 0 Å². The van der Waals surface area contributed by atoms with E-state index in [9.17, 15) is 4.21 Å². The van der Waals surface area contributed by atoms with Gasteiger partial charge in [-0.15, -0.1) is 0 Å². The van der Waals surface area contributed by atoms with Crippen molar-refractivity contribution in [3.05, 3.63) is 12.2 Å². The molecule has 0 spiro atoms. The maximum Gasteiger partial charge on any atom is 0.109 e. The van der Waals surface area contributed by atoms with Gasteiger partial charge in [-0.2, -0.15) is 0 Å². The summed E-state index contributed by atoms with van der Waals surface area (Å²) in [6, 6.07) is 0. The van der Waals surface area contributed by atoms with E-state index in [4.69, 9.17) is 4.55 Å². The van der Waals surface area contributed by atoms with Gasteiger partial charge >= 0.3 is 0 Å². The molecule has 1 aliphatic heterocycles. The van der Waals surface area contributed by atoms with E-state index in [0.717, 1.165) is 12.0 Å². The van der Waals surface area contributed by atoms with Crippen molar-refractivity contribution >= 4 is 22.8 Å². The quantitative estimate of drug-likeness (QED) is 0.574. The second kappa shape index (κ2) is 4.62. The van der Waals surface area contributed by atoms with Crippen LogP contribution < -0.4 is 0 Å². The first kappa shape index (κ1) is 11.3. The van der Waals surface area contributed by atoms with Crippen LogP contribution in [0.3, 0.4) is 0 Å². The Bertz CT molecular complexity index is 228. The molecule has 5 unspecified atom stereocenters. The largest absolute Gasteiger partial charge is 0.329 e. The van der Waals surface area contributed by atoms with Crippen LogP contribution in [0, 0.1) is 11.8 Å². The smallest absolute Gasteiger partial charge is 0.109 e. The number of allylic oxidation sites excluding steroid dienone is 1. The van der Waals surface area contributed by atoms with Gasteiger partial charge in [-0.3, -0.25) is 4.21 Å². The molecular weight excluding hydrogens is 204 g/mol. The first-order valence-electron chi connectivity index (χ1n) is 4.46. The third-order valence-electron chi connectivity index (χ3n) is 2.76. The molecule has 0 aromatic rings. The van der Waals surface area contributed by atoms with Crippen LogP contribution in [0.5, 0.6) is 0 Å². The molecule has 0 amide bonds. The van der Waals surface area contributed by atoms with Gasteiger partial charge in [0.1, 0.15) is 4.58 Å². The van der Waals surface area contributed by atoms with E-state index in [1.54, 1.807) is 0 Å². The molecule has 0 aromatic carbocycles. The van der Waals surface area contributed by atoms with Crippen molar-refractivity contribution in [2.45, 2.75) is 30.6 Å². The van der Waals surface area contributed by atoms with Crippen LogP contribution in [0.25, 0.3) is 0 Å². The van der Waals surface area contributed by atoms with Gasteiger partial charge in [0.05, 0.1) is 5.25 Å². The maximum absolute atomic E-state index is 11.8. The molecule has 0 aromatic heterocycles. The third kappa shape index (κ3) is 2.00. The van der Waals surface area contributed by atoms with Gasteiger partial charge < -0.3 is 4.55 Å². The first-order chi connectivity index (χ1) is 6.13. The van der Waals surface area contributed by atoms with Crippen LogP contribution in [0.1, 0.15) is 20.8 Å². The summed E-state index contributed by atoms with van der Waals surface area (Å²) in [5, 5.41) is 0.115. The van der Waals surface area contributed by atoms with Crippen LogP contribution in [0.4, 0.5) is 0 Å². The predicted molar refractivity (Wildman–Crippen MR) is 59.1 cm³/mol. The van der Waals surface area contributed by atoms with Gasteiger partial charge in [0.2, 0.25) is 0 Å². The van der Waals surface area contributed by atoms with Crippen LogP contribution >= 0.6 is 12.0 Å². The first-order valence-corrected chi connectivity index (χ1v) is 6.57. The molecule has 13 heavy (non-hydrogen) atoms. The van der Waals surface area contributed by atoms with Crippen LogP contribution in [-0.2, 0) is 10.8 Å². The van der Waals surface area contributed by atoms with Crippen LogP contribution in [0.15, 0.2) is 12.2 Å². The van der Waals surface area contributed by atoms with Crippen molar-refractivity contribution in [2.24, 2.45) is 11.8 Å². The fourth-order valence-corrected chi connectivity index (χ4v) is 4.83. The Morgan fingerprint density at radius 3 is 2.38 bits per heavy atom. The van der Waals surface area contributed by atoms with Gasteiger partial charge in [0.15, 0.2) is 0 Å². The topological polar surface area (TPSA) is 37.3 Å². The summed E-state index contributed by atoms with van der Waals surface area (Å²) in [5.41, 5.74) is 0. The fourth-order valence-electron chi connectivity index (χ4n) is 1.71. The van der Waals surface area contributed by atoms with E-state index in [2.05, 4.69) is 13.8 Å². The average Bonchev–Trinajstić information content (AvgIpc) is 2.31. The second-order valence-corrected chi connectivity index (χ2v) is 6.24. The lowest BCUT2D eigenvalue weighted by atomic mass is 9.94. The zero-order chi connectivity index (χ0) is 10.0. The highest BCUT2D eigenvalue weighted by Gasteiger charge is 2.43. The van der Waals surface area contributed by atoms with Crippen molar-refractivity contribution in [3.63, 3.8) is 0 Å². The van der Waals surface area contributed by atoms with Gasteiger partial charge in [-0.05, 0) is 18.8 Å². The van der Waals surface area contributed by atoms with Gasteiger partial charge in [0.25, 0.3) is 0 Å². The highest BCUT2D eigenvalue weighted by molar-refractivity contribution is 8.08. The van der Waals surface area contributed by atoms with Crippen molar-refractivity contribution in [2.75, 3.05) is 0 Å². The Labute approximate surface area is 86.5 Å². The molecule has 1 rings (SSSR count). The van der Waals surface area contributed by atoms with Gasteiger partial charge in [0, 0.05) is 22.8 Å². The van der Waals surface area contributed by atoms with E-state index < -0.39 is 10.8 Å². The maximum atomic E-state index is 11.8. The molecule has 1 N–H and O–H groups in total. The lowest BCUT2D eigenvalue weighted by molar-refractivity contribution is 0.447. The van der Waals surface area contributed by atoms with E-state index in [1.807, 2.05) is 19.1 Å². The normalized spacial score (nSPS) is 46.0. The van der Waals surface area contributed by atoms with E-state index in [0.29, 0.717) is 11.8 Å². The molecule has 5 atom stereocenters. The minimum atomic E-state index is -0.932. The Morgan fingerprint density at radius 1 is 1.38 bits per heavy atom. The minimum absolute atomic E-state index is 0.115. The zero-order valence-corrected chi connectivity index (χ0v) is 9.77. The fraction of sp³-hybridized carbons (Fsp3) is 0.778. The molecule has 0 bridgehead atoms. The summed E-state index contributed by atoms with van der Waals surface area (Å²) in [4.78, 5) is 0. The van der Waals surface area contributed by atoms with Gasteiger partial charge in [-0.25, -0.2) is 0 Å². The average molecular weight is 220 g/mol. The molecule has 0 radical (unpaired) electrons. The van der Waals surface area contributed by atoms with E-state index in [1.165, 1.54) is 0 Å². The molecule has 1 saturated heterocycles. The predicted octanol–water partition coefficient (Wildman–Crippen LogP) is 2.50. The summed E-state index contributed by atoms with van der Waals surface area (Å²) in [5.74, 6) is 0.707. The Morgan fingerprint density at radius 2 is 2.00 bits per heavy atom. The van der Waals surface area contributed by atoms with Crippen molar-refractivity contribution < 1.29 is 8.76 Å². The third-order valence-corrected chi connectivity index (χ3v) is 6.23. The van der Waals surface area contributed by atoms with Crippen molar-refractivity contribution in [3.8, 4) is 0 Å². The molecule has 4 heteroatoms. The summed E-state index contributed by atoms with van der Waals surface area (Å²) in [6.45, 7) is 6.09. The standard InChI is InChI=1S/C9H16O2S2/c1-4-5-8-6(2)7(3)9(12-10)13(8)11/h4-10H,1-3H3/b5-4+. The highest BCUT2D eigenvalue weighted by atomic mass is 32.2. The summed E-state index contributed by atoms with van der Waals surface area (Å²) in [7, 11) is -0.932. The minimum Gasteiger partial charge on any atom is -0.329 e. The summed E-state index contributed by atoms with van der Waals surface area (Å²) in [6.07, 6.45) is 3.93. The van der Waals surface area contributed by atoms with Crippen LogP contribution in [0.2, 0.25) is 0 Å². The monoisotopic (exact) mass is 220 g/mol. The lowest BCUT2D eigenvalue weighted by Crippen LogP contribution is -2.14. The molecule has 1 heterocycles. The molecule has 1 fully saturated rings. The van der Waals surface area contributed by atoms with Gasteiger partial charge in [-0.1, -0.05) is 26.0 Å². The Balaban J connectivity index is 2.84. The molecule has 76 valence electrons. The Hall–Kier alpha value is 0.200.